The number of nitrogens with zero attached hydrogens (tertiary/aromatic N) is 2. The van der Waals surface area contributed by atoms with E-state index in [2.05, 4.69) is 25.5 Å². The van der Waals surface area contributed by atoms with Gasteiger partial charge in [0.05, 0.1) is 0 Å². The number of amides is 1. The zero-order valence-electron chi connectivity index (χ0n) is 11.0. The monoisotopic (exact) mass is 311 g/mol. The van der Waals surface area contributed by atoms with Crippen LogP contribution in [0.5, 0.6) is 0 Å². The fraction of sp³-hybridized carbons (Fsp3) is 0.333. The summed E-state index contributed by atoms with van der Waals surface area (Å²) in [5, 5.41) is 18.8. The van der Waals surface area contributed by atoms with E-state index in [0.717, 1.165) is 0 Å². The van der Waals surface area contributed by atoms with Gasteiger partial charge in [0.15, 0.2) is 0 Å². The molecule has 0 aliphatic rings. The first kappa shape index (κ1) is 15.2. The molecule has 8 nitrogen and oxygen atoms in total. The number of aliphatic hydroxyl groups is 1. The summed E-state index contributed by atoms with van der Waals surface area (Å²) in [6, 6.07) is 4.46. The molecule has 0 bridgehead atoms. The van der Waals surface area contributed by atoms with Gasteiger partial charge in [0, 0.05) is 31.1 Å². The number of H-pyrrole nitrogens is 2. The van der Waals surface area contributed by atoms with Crippen LogP contribution in [0, 0.1) is 0 Å². The quantitative estimate of drug-likeness (QED) is 0.594. The van der Waals surface area contributed by atoms with Gasteiger partial charge in [-0.3, -0.25) is 14.7 Å². The number of hydrogen-bond acceptors (Lipinski definition) is 5. The molecule has 2 aromatic rings. The molecule has 0 saturated heterocycles. The summed E-state index contributed by atoms with van der Waals surface area (Å²) >= 11 is 5.54. The Kier molecular flexibility index (Phi) is 5.07. The molecule has 0 spiro atoms. The van der Waals surface area contributed by atoms with Crippen LogP contribution >= 0.6 is 11.6 Å². The zero-order chi connectivity index (χ0) is 15.2. The Bertz CT molecular complexity index is 669. The number of rotatable bonds is 6. The summed E-state index contributed by atoms with van der Waals surface area (Å²) in [7, 11) is 0. The summed E-state index contributed by atoms with van der Waals surface area (Å²) in [5.41, 5.74) is 0.0462. The fourth-order valence-electron chi connectivity index (χ4n) is 1.68. The van der Waals surface area contributed by atoms with Gasteiger partial charge >= 0.3 is 0 Å². The lowest BCUT2D eigenvalue weighted by Gasteiger charge is -2.11. The fourth-order valence-corrected chi connectivity index (χ4v) is 1.83. The molecule has 0 radical (unpaired) electrons. The first-order valence-electron chi connectivity index (χ1n) is 6.25. The van der Waals surface area contributed by atoms with Gasteiger partial charge in [-0.2, -0.15) is 0 Å². The molecule has 1 unspecified atom stereocenters. The lowest BCUT2D eigenvalue weighted by molar-refractivity contribution is -0.121. The van der Waals surface area contributed by atoms with Crippen LogP contribution in [-0.4, -0.2) is 37.7 Å². The maximum atomic E-state index is 11.6. The Morgan fingerprint density at radius 3 is 2.95 bits per heavy atom. The second kappa shape index (κ2) is 7.00. The largest absolute Gasteiger partial charge is 0.385 e. The predicted octanol–water partition coefficient (Wildman–Crippen LogP) is -0.0712. The van der Waals surface area contributed by atoms with Crippen LogP contribution in [0.25, 0.3) is 0 Å². The number of pyridine rings is 1. The molecule has 0 aliphatic carbocycles. The van der Waals surface area contributed by atoms with Crippen molar-refractivity contribution in [2.75, 3.05) is 6.54 Å². The molecule has 0 aliphatic heterocycles. The van der Waals surface area contributed by atoms with Crippen molar-refractivity contribution in [3.8, 4) is 0 Å². The minimum absolute atomic E-state index is 0.00987. The standard InChI is InChI=1S/C12H14ClN5O3/c13-12-16-9(17-18-12)4-5-10(20)14-6-8(19)7-2-1-3-11(21)15-7/h1-3,8,19H,4-6H2,(H,14,20)(H,15,21)(H,16,17,18). The van der Waals surface area contributed by atoms with Crippen LogP contribution in [-0.2, 0) is 11.2 Å². The number of nitrogens with one attached hydrogen (secondary N) is 3. The van der Waals surface area contributed by atoms with E-state index >= 15 is 0 Å². The van der Waals surface area contributed by atoms with Crippen molar-refractivity contribution in [1.82, 2.24) is 25.5 Å². The highest BCUT2D eigenvalue weighted by Crippen LogP contribution is 2.06. The van der Waals surface area contributed by atoms with Crippen LogP contribution < -0.4 is 10.9 Å². The molecule has 9 heteroatoms. The second-order valence-electron chi connectivity index (χ2n) is 4.34. The summed E-state index contributed by atoms with van der Waals surface area (Å²) in [4.78, 5) is 29.1. The average molecular weight is 312 g/mol. The highest BCUT2D eigenvalue weighted by molar-refractivity contribution is 6.28. The lowest BCUT2D eigenvalue weighted by Crippen LogP contribution is -2.29. The van der Waals surface area contributed by atoms with Crippen LogP contribution in [0.4, 0.5) is 0 Å². The Morgan fingerprint density at radius 1 is 1.48 bits per heavy atom. The number of carbonyl (C=O) groups excluding carboxylic acids is 1. The maximum Gasteiger partial charge on any atom is 0.248 e. The highest BCUT2D eigenvalue weighted by atomic mass is 35.5. The van der Waals surface area contributed by atoms with E-state index in [9.17, 15) is 14.7 Å². The van der Waals surface area contributed by atoms with Crippen molar-refractivity contribution in [2.45, 2.75) is 18.9 Å². The molecular formula is C12H14ClN5O3. The molecule has 21 heavy (non-hydrogen) atoms. The van der Waals surface area contributed by atoms with Gasteiger partial charge in [-0.15, -0.1) is 5.10 Å². The van der Waals surface area contributed by atoms with Crippen LogP contribution in [0.1, 0.15) is 24.0 Å². The molecule has 2 aromatic heterocycles. The minimum Gasteiger partial charge on any atom is -0.385 e. The molecule has 2 heterocycles. The van der Waals surface area contributed by atoms with Crippen molar-refractivity contribution in [3.05, 3.63) is 45.4 Å². The molecular weight excluding hydrogens is 298 g/mol. The number of hydrogen-bond donors (Lipinski definition) is 4. The van der Waals surface area contributed by atoms with Gasteiger partial charge in [0.25, 0.3) is 0 Å². The van der Waals surface area contributed by atoms with E-state index in [4.69, 9.17) is 11.6 Å². The first-order valence-corrected chi connectivity index (χ1v) is 6.63. The van der Waals surface area contributed by atoms with Crippen molar-refractivity contribution in [2.24, 2.45) is 0 Å². The molecule has 2 rings (SSSR count). The van der Waals surface area contributed by atoms with Crippen molar-refractivity contribution >= 4 is 17.5 Å². The summed E-state index contributed by atoms with van der Waals surface area (Å²) in [5.74, 6) is 0.267. The van der Waals surface area contributed by atoms with Crippen LogP contribution in [0.3, 0.4) is 0 Å². The van der Waals surface area contributed by atoms with Gasteiger partial charge in [-0.05, 0) is 17.7 Å². The number of halogens is 1. The third-order valence-corrected chi connectivity index (χ3v) is 2.90. The van der Waals surface area contributed by atoms with Gasteiger partial charge in [0.1, 0.15) is 11.9 Å². The predicted molar refractivity (Wildman–Crippen MR) is 74.7 cm³/mol. The van der Waals surface area contributed by atoms with E-state index in [-0.39, 0.29) is 29.7 Å². The van der Waals surface area contributed by atoms with E-state index in [1.807, 2.05) is 0 Å². The Labute approximate surface area is 124 Å². The van der Waals surface area contributed by atoms with Crippen molar-refractivity contribution < 1.29 is 9.90 Å². The Morgan fingerprint density at radius 2 is 2.29 bits per heavy atom. The third kappa shape index (κ3) is 4.69. The van der Waals surface area contributed by atoms with Gasteiger partial charge in [-0.1, -0.05) is 6.07 Å². The highest BCUT2D eigenvalue weighted by Gasteiger charge is 2.11. The van der Waals surface area contributed by atoms with Crippen LogP contribution in [0.2, 0.25) is 5.28 Å². The topological polar surface area (TPSA) is 124 Å². The number of carbonyl (C=O) groups is 1. The normalized spacial score (nSPS) is 12.1. The first-order chi connectivity index (χ1) is 10.0. The SMILES string of the molecule is O=C(CCc1nc(Cl)n[nH]1)NCC(O)c1cccc(=O)[nH]1. The van der Waals surface area contributed by atoms with Gasteiger partial charge in [0.2, 0.25) is 16.8 Å². The Hall–Kier alpha value is -2.19. The van der Waals surface area contributed by atoms with Gasteiger partial charge < -0.3 is 15.4 Å². The van der Waals surface area contributed by atoms with E-state index in [1.165, 1.54) is 12.1 Å². The number of aromatic amines is 2. The molecule has 112 valence electrons. The minimum atomic E-state index is -0.970. The number of aryl methyl sites for hydroxylation is 1. The molecule has 0 aromatic carbocycles. The summed E-state index contributed by atoms with van der Waals surface area (Å²) < 4.78 is 0. The summed E-state index contributed by atoms with van der Waals surface area (Å²) in [6.45, 7) is 0.00987. The van der Waals surface area contributed by atoms with E-state index in [0.29, 0.717) is 17.9 Å². The second-order valence-corrected chi connectivity index (χ2v) is 4.68. The molecule has 4 N–H and O–H groups in total. The Balaban J connectivity index is 1.77. The van der Waals surface area contributed by atoms with Crippen molar-refractivity contribution in [3.63, 3.8) is 0 Å². The maximum absolute atomic E-state index is 11.6. The third-order valence-electron chi connectivity index (χ3n) is 2.74. The number of aromatic nitrogens is 4. The zero-order valence-corrected chi connectivity index (χ0v) is 11.7. The smallest absolute Gasteiger partial charge is 0.248 e. The van der Waals surface area contributed by atoms with Gasteiger partial charge in [-0.25, -0.2) is 4.98 Å². The summed E-state index contributed by atoms with van der Waals surface area (Å²) in [6.07, 6.45) is -0.421. The average Bonchev–Trinajstić information content (AvgIpc) is 2.88. The van der Waals surface area contributed by atoms with E-state index < -0.39 is 6.10 Å². The molecule has 1 amide bonds. The lowest BCUT2D eigenvalue weighted by atomic mass is 10.2. The van der Waals surface area contributed by atoms with Crippen molar-refractivity contribution in [1.29, 1.82) is 0 Å². The van der Waals surface area contributed by atoms with E-state index in [1.54, 1.807) is 6.07 Å². The molecule has 1 atom stereocenters. The molecule has 0 saturated carbocycles. The van der Waals surface area contributed by atoms with Crippen LogP contribution in [0.15, 0.2) is 23.0 Å². The molecule has 0 fully saturated rings. The number of aliphatic hydroxyl groups excluding tert-OH is 1.